The highest BCUT2D eigenvalue weighted by Crippen LogP contribution is 2.16. The molecule has 0 spiro atoms. The minimum absolute atomic E-state index is 0.180. The molecule has 0 aliphatic rings. The molecule has 5 heteroatoms. The van der Waals surface area contributed by atoms with E-state index in [2.05, 4.69) is 25.9 Å². The Bertz CT molecular complexity index is 536. The van der Waals surface area contributed by atoms with Crippen LogP contribution in [0.4, 0.5) is 0 Å². The summed E-state index contributed by atoms with van der Waals surface area (Å²) in [6.07, 6.45) is 0. The summed E-state index contributed by atoms with van der Waals surface area (Å²) >= 11 is 3.12. The van der Waals surface area contributed by atoms with Gasteiger partial charge in [-0.1, -0.05) is 0 Å². The first-order chi connectivity index (χ1) is 6.70. The average molecular weight is 255 g/mol. The summed E-state index contributed by atoms with van der Waals surface area (Å²) in [7, 11) is 1.56. The molecule has 0 bridgehead atoms. The molecule has 0 atom stereocenters. The molecule has 0 unspecified atom stereocenters. The third-order valence-corrected chi connectivity index (χ3v) is 2.26. The second-order valence-electron chi connectivity index (χ2n) is 2.74. The normalized spacial score (nSPS) is 10.4. The van der Waals surface area contributed by atoms with Gasteiger partial charge in [0.2, 0.25) is 0 Å². The molecular weight excluding hydrogens is 248 g/mol. The van der Waals surface area contributed by atoms with Gasteiger partial charge in [0.1, 0.15) is 5.75 Å². The Balaban J connectivity index is 2.82. The molecule has 0 aliphatic heterocycles. The standard InChI is InChI=1S/C9H7BrN2O2/c1-14-5-2-3-7-6(4-5)8(13)12-9(10)11-7/h2-4H,1H3,(H,11,12,13). The van der Waals surface area contributed by atoms with E-state index in [1.807, 2.05) is 0 Å². The van der Waals surface area contributed by atoms with Crippen LogP contribution in [-0.4, -0.2) is 17.1 Å². The maximum Gasteiger partial charge on any atom is 0.259 e. The maximum absolute atomic E-state index is 11.5. The van der Waals surface area contributed by atoms with E-state index in [4.69, 9.17) is 4.74 Å². The fraction of sp³-hybridized carbons (Fsp3) is 0.111. The molecule has 1 heterocycles. The molecular formula is C9H7BrN2O2. The summed E-state index contributed by atoms with van der Waals surface area (Å²) < 4.78 is 5.45. The molecule has 0 saturated carbocycles. The maximum atomic E-state index is 11.5. The van der Waals surface area contributed by atoms with Crippen LogP contribution in [0.25, 0.3) is 10.9 Å². The lowest BCUT2D eigenvalue weighted by Gasteiger charge is -2.01. The third kappa shape index (κ3) is 1.50. The van der Waals surface area contributed by atoms with Crippen LogP contribution >= 0.6 is 15.9 Å². The highest BCUT2D eigenvalue weighted by Gasteiger charge is 2.02. The molecule has 72 valence electrons. The van der Waals surface area contributed by atoms with Gasteiger partial charge in [-0.2, -0.15) is 0 Å². The minimum Gasteiger partial charge on any atom is -0.497 e. The van der Waals surface area contributed by atoms with Crippen LogP contribution in [0.1, 0.15) is 0 Å². The Morgan fingerprint density at radius 3 is 3.00 bits per heavy atom. The van der Waals surface area contributed by atoms with E-state index >= 15 is 0 Å². The van der Waals surface area contributed by atoms with Crippen LogP contribution in [0.15, 0.2) is 27.7 Å². The van der Waals surface area contributed by atoms with Gasteiger partial charge in [0.25, 0.3) is 5.56 Å². The lowest BCUT2D eigenvalue weighted by Crippen LogP contribution is -2.07. The van der Waals surface area contributed by atoms with Crippen LogP contribution < -0.4 is 10.3 Å². The molecule has 1 aromatic heterocycles. The van der Waals surface area contributed by atoms with E-state index in [1.54, 1.807) is 25.3 Å². The van der Waals surface area contributed by atoms with E-state index in [0.717, 1.165) is 0 Å². The van der Waals surface area contributed by atoms with Crippen LogP contribution in [0.2, 0.25) is 0 Å². The predicted molar refractivity (Wildman–Crippen MR) is 56.6 cm³/mol. The summed E-state index contributed by atoms with van der Waals surface area (Å²) in [6.45, 7) is 0. The first-order valence-corrected chi connectivity index (χ1v) is 4.73. The SMILES string of the molecule is COc1ccc2nc(Br)[nH]c(=O)c2c1. The van der Waals surface area contributed by atoms with Crippen molar-refractivity contribution in [3.05, 3.63) is 33.3 Å². The monoisotopic (exact) mass is 254 g/mol. The van der Waals surface area contributed by atoms with Gasteiger partial charge in [-0.25, -0.2) is 4.98 Å². The quantitative estimate of drug-likeness (QED) is 0.789. The molecule has 2 rings (SSSR count). The summed E-state index contributed by atoms with van der Waals surface area (Å²) in [5, 5.41) is 0.521. The van der Waals surface area contributed by atoms with E-state index < -0.39 is 0 Å². The Morgan fingerprint density at radius 2 is 2.29 bits per heavy atom. The summed E-state index contributed by atoms with van der Waals surface area (Å²) in [6, 6.07) is 5.17. The number of nitrogens with zero attached hydrogens (tertiary/aromatic N) is 1. The fourth-order valence-electron chi connectivity index (χ4n) is 1.22. The topological polar surface area (TPSA) is 55.0 Å². The van der Waals surface area contributed by atoms with Crippen molar-refractivity contribution in [1.29, 1.82) is 0 Å². The largest absolute Gasteiger partial charge is 0.497 e. The van der Waals surface area contributed by atoms with Crippen molar-refractivity contribution in [2.75, 3.05) is 7.11 Å². The van der Waals surface area contributed by atoms with Gasteiger partial charge in [-0.15, -0.1) is 0 Å². The van der Waals surface area contributed by atoms with Crippen molar-refractivity contribution in [3.63, 3.8) is 0 Å². The van der Waals surface area contributed by atoms with E-state index in [-0.39, 0.29) is 5.56 Å². The van der Waals surface area contributed by atoms with Crippen LogP contribution in [0.3, 0.4) is 0 Å². The minimum atomic E-state index is -0.180. The molecule has 14 heavy (non-hydrogen) atoms. The van der Waals surface area contributed by atoms with Crippen molar-refractivity contribution in [2.45, 2.75) is 0 Å². The summed E-state index contributed by atoms with van der Waals surface area (Å²) in [5.74, 6) is 0.645. The van der Waals surface area contributed by atoms with E-state index in [0.29, 0.717) is 21.4 Å². The van der Waals surface area contributed by atoms with Crippen molar-refractivity contribution in [1.82, 2.24) is 9.97 Å². The predicted octanol–water partition coefficient (Wildman–Crippen LogP) is 1.69. The molecule has 0 saturated heterocycles. The Kier molecular flexibility index (Phi) is 2.25. The number of hydrogen-bond acceptors (Lipinski definition) is 3. The zero-order chi connectivity index (χ0) is 10.1. The number of hydrogen-bond donors (Lipinski definition) is 1. The Hall–Kier alpha value is -1.36. The van der Waals surface area contributed by atoms with E-state index in [9.17, 15) is 4.79 Å². The molecule has 0 amide bonds. The number of halogens is 1. The van der Waals surface area contributed by atoms with Gasteiger partial charge in [0.15, 0.2) is 4.73 Å². The summed E-state index contributed by atoms with van der Waals surface area (Å²) in [5.41, 5.74) is 0.460. The van der Waals surface area contributed by atoms with Crippen LogP contribution in [0, 0.1) is 0 Å². The van der Waals surface area contributed by atoms with Gasteiger partial charge >= 0.3 is 0 Å². The first-order valence-electron chi connectivity index (χ1n) is 3.94. The molecule has 2 aromatic rings. The van der Waals surface area contributed by atoms with Gasteiger partial charge in [-0.3, -0.25) is 4.79 Å². The molecule has 1 aromatic carbocycles. The van der Waals surface area contributed by atoms with Crippen molar-refractivity contribution >= 4 is 26.8 Å². The number of methoxy groups -OCH3 is 1. The molecule has 1 N–H and O–H groups in total. The Morgan fingerprint density at radius 1 is 1.50 bits per heavy atom. The van der Waals surface area contributed by atoms with Crippen LogP contribution in [0.5, 0.6) is 5.75 Å². The zero-order valence-corrected chi connectivity index (χ0v) is 8.96. The number of rotatable bonds is 1. The highest BCUT2D eigenvalue weighted by atomic mass is 79.9. The summed E-state index contributed by atoms with van der Waals surface area (Å²) in [4.78, 5) is 18.2. The van der Waals surface area contributed by atoms with Gasteiger partial charge in [0, 0.05) is 0 Å². The third-order valence-electron chi connectivity index (χ3n) is 1.88. The molecule has 0 aliphatic carbocycles. The van der Waals surface area contributed by atoms with E-state index in [1.165, 1.54) is 0 Å². The van der Waals surface area contributed by atoms with Crippen molar-refractivity contribution in [3.8, 4) is 5.75 Å². The van der Waals surface area contributed by atoms with Crippen molar-refractivity contribution in [2.24, 2.45) is 0 Å². The number of benzene rings is 1. The fourth-order valence-corrected chi connectivity index (χ4v) is 1.59. The van der Waals surface area contributed by atoms with Crippen molar-refractivity contribution < 1.29 is 4.74 Å². The van der Waals surface area contributed by atoms with Crippen LogP contribution in [-0.2, 0) is 0 Å². The number of nitrogens with one attached hydrogen (secondary N) is 1. The lowest BCUT2D eigenvalue weighted by molar-refractivity contribution is 0.415. The Labute approximate surface area is 88.1 Å². The zero-order valence-electron chi connectivity index (χ0n) is 7.37. The second kappa shape index (κ2) is 3.42. The first kappa shape index (κ1) is 9.21. The molecule has 0 radical (unpaired) electrons. The van der Waals surface area contributed by atoms with Gasteiger partial charge < -0.3 is 9.72 Å². The second-order valence-corrected chi connectivity index (χ2v) is 3.49. The number of H-pyrrole nitrogens is 1. The average Bonchev–Trinajstić information content (AvgIpc) is 2.17. The smallest absolute Gasteiger partial charge is 0.259 e. The van der Waals surface area contributed by atoms with Gasteiger partial charge in [0.05, 0.1) is 18.0 Å². The number of fused-ring (bicyclic) bond motifs is 1. The highest BCUT2D eigenvalue weighted by molar-refractivity contribution is 9.10. The number of aromatic nitrogens is 2. The number of aromatic amines is 1. The molecule has 0 fully saturated rings. The lowest BCUT2D eigenvalue weighted by atomic mass is 10.2. The number of ether oxygens (including phenoxy) is 1. The van der Waals surface area contributed by atoms with Gasteiger partial charge in [-0.05, 0) is 34.1 Å². The molecule has 4 nitrogen and oxygen atoms in total.